The molecule has 0 spiro atoms. The lowest BCUT2D eigenvalue weighted by Crippen LogP contribution is -2.12. The number of nitrogens with one attached hydrogen (secondary N) is 1. The highest BCUT2D eigenvalue weighted by Crippen LogP contribution is 2.08. The minimum atomic E-state index is 0.433. The number of pyridine rings is 1. The molecule has 4 nitrogen and oxygen atoms in total. The SMILES string of the molecule is Cc1ccc(CNC=O)c(N)n1. The molecule has 0 saturated heterocycles. The summed E-state index contributed by atoms with van der Waals surface area (Å²) in [7, 11) is 0. The second kappa shape index (κ2) is 3.71. The number of hydrogen-bond donors (Lipinski definition) is 2. The van der Waals surface area contributed by atoms with Crippen LogP contribution in [0.15, 0.2) is 12.1 Å². The molecule has 0 aliphatic rings. The van der Waals surface area contributed by atoms with E-state index in [2.05, 4.69) is 10.3 Å². The summed E-state index contributed by atoms with van der Waals surface area (Å²) in [5.74, 6) is 0.476. The van der Waals surface area contributed by atoms with Crippen LogP contribution in [0, 0.1) is 6.92 Å². The molecule has 0 aliphatic heterocycles. The summed E-state index contributed by atoms with van der Waals surface area (Å²) in [6, 6.07) is 3.71. The van der Waals surface area contributed by atoms with Crippen LogP contribution in [0.1, 0.15) is 11.3 Å². The number of nitrogens with zero attached hydrogens (tertiary/aromatic N) is 1. The lowest BCUT2D eigenvalue weighted by Gasteiger charge is -2.03. The summed E-state index contributed by atoms with van der Waals surface area (Å²) in [6.07, 6.45) is 0.638. The minimum absolute atomic E-state index is 0.433. The van der Waals surface area contributed by atoms with Gasteiger partial charge in [-0.25, -0.2) is 4.98 Å². The van der Waals surface area contributed by atoms with Crippen molar-refractivity contribution < 1.29 is 4.79 Å². The number of carbonyl (C=O) groups excluding carboxylic acids is 1. The molecule has 0 radical (unpaired) electrons. The molecule has 0 aromatic carbocycles. The first-order chi connectivity index (χ1) is 5.74. The maximum atomic E-state index is 9.98. The average Bonchev–Trinajstić information content (AvgIpc) is 2.03. The van der Waals surface area contributed by atoms with Crippen LogP contribution in [0.25, 0.3) is 0 Å². The maximum Gasteiger partial charge on any atom is 0.207 e. The van der Waals surface area contributed by atoms with E-state index in [0.29, 0.717) is 18.8 Å². The number of anilines is 1. The van der Waals surface area contributed by atoms with E-state index < -0.39 is 0 Å². The number of amides is 1. The fraction of sp³-hybridized carbons (Fsp3) is 0.250. The first-order valence-electron chi connectivity index (χ1n) is 3.63. The molecule has 0 aliphatic carbocycles. The van der Waals surface area contributed by atoms with E-state index in [1.54, 1.807) is 0 Å². The van der Waals surface area contributed by atoms with Gasteiger partial charge in [-0.3, -0.25) is 4.79 Å². The number of nitrogens with two attached hydrogens (primary N) is 1. The Hall–Kier alpha value is -1.58. The zero-order valence-corrected chi connectivity index (χ0v) is 6.87. The van der Waals surface area contributed by atoms with Crippen molar-refractivity contribution in [2.45, 2.75) is 13.5 Å². The topological polar surface area (TPSA) is 68.0 Å². The van der Waals surface area contributed by atoms with Gasteiger partial charge < -0.3 is 11.1 Å². The number of rotatable bonds is 3. The third-order valence-electron chi connectivity index (χ3n) is 1.53. The van der Waals surface area contributed by atoms with Gasteiger partial charge in [0.05, 0.1) is 0 Å². The van der Waals surface area contributed by atoms with Gasteiger partial charge in [-0.1, -0.05) is 6.07 Å². The predicted octanol–water partition coefficient (Wildman–Crippen LogP) is 0.218. The van der Waals surface area contributed by atoms with E-state index in [-0.39, 0.29) is 0 Å². The van der Waals surface area contributed by atoms with Crippen molar-refractivity contribution in [1.29, 1.82) is 0 Å². The lowest BCUT2D eigenvalue weighted by molar-refractivity contribution is -0.109. The molecule has 64 valence electrons. The van der Waals surface area contributed by atoms with Crippen molar-refractivity contribution in [3.05, 3.63) is 23.4 Å². The van der Waals surface area contributed by atoms with Crippen LogP contribution in [0.3, 0.4) is 0 Å². The molecular formula is C8H11N3O. The van der Waals surface area contributed by atoms with Gasteiger partial charge in [-0.2, -0.15) is 0 Å². The monoisotopic (exact) mass is 165 g/mol. The van der Waals surface area contributed by atoms with Gasteiger partial charge in [0, 0.05) is 17.8 Å². The van der Waals surface area contributed by atoms with Gasteiger partial charge >= 0.3 is 0 Å². The van der Waals surface area contributed by atoms with Gasteiger partial charge in [0.2, 0.25) is 6.41 Å². The fourth-order valence-electron chi connectivity index (χ4n) is 0.907. The van der Waals surface area contributed by atoms with Crippen LogP contribution in [0.2, 0.25) is 0 Å². The Morgan fingerprint density at radius 1 is 1.67 bits per heavy atom. The van der Waals surface area contributed by atoms with Crippen LogP contribution in [0.5, 0.6) is 0 Å². The highest BCUT2D eigenvalue weighted by Gasteiger charge is 1.98. The fourth-order valence-corrected chi connectivity index (χ4v) is 0.907. The normalized spacial score (nSPS) is 9.42. The predicted molar refractivity (Wildman–Crippen MR) is 46.3 cm³/mol. The summed E-state index contributed by atoms with van der Waals surface area (Å²) < 4.78 is 0. The molecular weight excluding hydrogens is 154 g/mol. The quantitative estimate of drug-likeness (QED) is 0.629. The van der Waals surface area contributed by atoms with Gasteiger partial charge in [-0.05, 0) is 13.0 Å². The molecule has 1 aromatic heterocycles. The van der Waals surface area contributed by atoms with Crippen LogP contribution in [0.4, 0.5) is 5.82 Å². The Morgan fingerprint density at radius 2 is 2.42 bits per heavy atom. The highest BCUT2D eigenvalue weighted by atomic mass is 16.1. The maximum absolute atomic E-state index is 9.98. The second-order valence-corrected chi connectivity index (χ2v) is 2.50. The molecule has 1 amide bonds. The van der Waals surface area contributed by atoms with Crippen LogP contribution >= 0.6 is 0 Å². The van der Waals surface area contributed by atoms with Crippen molar-refractivity contribution in [3.8, 4) is 0 Å². The van der Waals surface area contributed by atoms with Gasteiger partial charge in [0.1, 0.15) is 5.82 Å². The number of aromatic nitrogens is 1. The van der Waals surface area contributed by atoms with E-state index in [9.17, 15) is 4.79 Å². The Morgan fingerprint density at radius 3 is 3.00 bits per heavy atom. The van der Waals surface area contributed by atoms with Crippen molar-refractivity contribution in [3.63, 3.8) is 0 Å². The highest BCUT2D eigenvalue weighted by molar-refractivity contribution is 5.48. The molecule has 12 heavy (non-hydrogen) atoms. The number of hydrogen-bond acceptors (Lipinski definition) is 3. The van der Waals surface area contributed by atoms with Gasteiger partial charge in [-0.15, -0.1) is 0 Å². The Bertz CT molecular complexity index is 286. The van der Waals surface area contributed by atoms with Crippen LogP contribution in [-0.4, -0.2) is 11.4 Å². The summed E-state index contributed by atoms with van der Waals surface area (Å²) in [5, 5.41) is 2.52. The zero-order chi connectivity index (χ0) is 8.97. The van der Waals surface area contributed by atoms with E-state index in [1.807, 2.05) is 19.1 Å². The molecule has 0 atom stereocenters. The molecule has 1 rings (SSSR count). The third-order valence-corrected chi connectivity index (χ3v) is 1.53. The molecule has 1 aromatic rings. The second-order valence-electron chi connectivity index (χ2n) is 2.50. The smallest absolute Gasteiger partial charge is 0.207 e. The molecule has 1 heterocycles. The first kappa shape index (κ1) is 8.52. The van der Waals surface area contributed by atoms with Gasteiger partial charge in [0.25, 0.3) is 0 Å². The van der Waals surface area contributed by atoms with Crippen molar-refractivity contribution >= 4 is 12.2 Å². The summed E-state index contributed by atoms with van der Waals surface area (Å²) in [4.78, 5) is 14.0. The number of nitrogen functional groups attached to an aromatic ring is 1. The number of aryl methyl sites for hydroxylation is 1. The van der Waals surface area contributed by atoms with Crippen LogP contribution in [-0.2, 0) is 11.3 Å². The largest absolute Gasteiger partial charge is 0.383 e. The summed E-state index contributed by atoms with van der Waals surface area (Å²) >= 11 is 0. The summed E-state index contributed by atoms with van der Waals surface area (Å²) in [5.41, 5.74) is 7.31. The molecule has 0 bridgehead atoms. The van der Waals surface area contributed by atoms with E-state index in [1.165, 1.54) is 0 Å². The van der Waals surface area contributed by atoms with E-state index in [4.69, 9.17) is 5.73 Å². The zero-order valence-electron chi connectivity index (χ0n) is 6.87. The minimum Gasteiger partial charge on any atom is -0.383 e. The first-order valence-corrected chi connectivity index (χ1v) is 3.63. The molecule has 0 unspecified atom stereocenters. The van der Waals surface area contributed by atoms with E-state index >= 15 is 0 Å². The lowest BCUT2D eigenvalue weighted by atomic mass is 10.2. The standard InChI is InChI=1S/C8H11N3O/c1-6-2-3-7(4-10-5-12)8(9)11-6/h2-3,5H,4H2,1H3,(H2,9,11)(H,10,12). The van der Waals surface area contributed by atoms with Gasteiger partial charge in [0.15, 0.2) is 0 Å². The van der Waals surface area contributed by atoms with Crippen molar-refractivity contribution in [1.82, 2.24) is 10.3 Å². The molecule has 4 heteroatoms. The number of carbonyl (C=O) groups is 1. The van der Waals surface area contributed by atoms with Crippen molar-refractivity contribution in [2.24, 2.45) is 0 Å². The Labute approximate surface area is 70.8 Å². The summed E-state index contributed by atoms with van der Waals surface area (Å²) in [6.45, 7) is 2.30. The Kier molecular flexibility index (Phi) is 2.63. The third kappa shape index (κ3) is 1.95. The Balaban J connectivity index is 2.78. The van der Waals surface area contributed by atoms with Crippen molar-refractivity contribution in [2.75, 3.05) is 5.73 Å². The van der Waals surface area contributed by atoms with E-state index in [0.717, 1.165) is 11.3 Å². The molecule has 0 saturated carbocycles. The van der Waals surface area contributed by atoms with Crippen LogP contribution < -0.4 is 11.1 Å². The molecule has 0 fully saturated rings. The average molecular weight is 165 g/mol. The molecule has 3 N–H and O–H groups in total.